The fraction of sp³-hybridized carbons (Fsp3) is 0.800. The maximum atomic E-state index is 11.2. The van der Waals surface area contributed by atoms with E-state index in [0.717, 1.165) is 0 Å². The molecule has 0 spiro atoms. The van der Waals surface area contributed by atoms with Crippen LogP contribution >= 0.6 is 0 Å². The van der Waals surface area contributed by atoms with Crippen molar-refractivity contribution >= 4 is 12.1 Å². The predicted molar refractivity (Wildman–Crippen MR) is 56.6 cm³/mol. The lowest BCUT2D eigenvalue weighted by Gasteiger charge is -2.16. The van der Waals surface area contributed by atoms with Crippen molar-refractivity contribution in [1.82, 2.24) is 5.32 Å². The summed E-state index contributed by atoms with van der Waals surface area (Å²) in [6.07, 6.45) is -1.38. The molecule has 16 heavy (non-hydrogen) atoms. The molecule has 0 aliphatic rings. The van der Waals surface area contributed by atoms with E-state index < -0.39 is 30.4 Å². The molecule has 0 saturated heterocycles. The monoisotopic (exact) mass is 233 g/mol. The van der Waals surface area contributed by atoms with Crippen molar-refractivity contribution in [3.8, 4) is 0 Å². The number of aliphatic hydroxyl groups is 1. The van der Waals surface area contributed by atoms with Gasteiger partial charge in [-0.2, -0.15) is 0 Å². The predicted octanol–water partition coefficient (Wildman–Crippen LogP) is 0.640. The van der Waals surface area contributed by atoms with Gasteiger partial charge in [-0.1, -0.05) is 0 Å². The number of rotatable bonds is 4. The number of hydrogen-bond donors (Lipinski definition) is 2. The van der Waals surface area contributed by atoms with Crippen LogP contribution in [0.2, 0.25) is 0 Å². The molecule has 0 unspecified atom stereocenters. The average molecular weight is 233 g/mol. The Bertz CT molecular complexity index is 244. The van der Waals surface area contributed by atoms with Crippen molar-refractivity contribution in [2.75, 3.05) is 13.3 Å². The molecule has 0 aliphatic heterocycles. The average Bonchev–Trinajstić information content (AvgIpc) is 2.13. The van der Waals surface area contributed by atoms with Crippen LogP contribution in [0.5, 0.6) is 0 Å². The van der Waals surface area contributed by atoms with E-state index in [9.17, 15) is 9.59 Å². The first-order chi connectivity index (χ1) is 7.23. The zero-order valence-corrected chi connectivity index (χ0v) is 10.1. The Morgan fingerprint density at radius 1 is 1.31 bits per heavy atom. The van der Waals surface area contributed by atoms with E-state index in [1.165, 1.54) is 6.92 Å². The van der Waals surface area contributed by atoms with Crippen molar-refractivity contribution in [3.05, 3.63) is 0 Å². The van der Waals surface area contributed by atoms with Gasteiger partial charge in [-0.15, -0.1) is 0 Å². The van der Waals surface area contributed by atoms with Crippen LogP contribution < -0.4 is 5.32 Å². The highest BCUT2D eigenvalue weighted by atomic mass is 16.7. The molecule has 94 valence electrons. The van der Waals surface area contributed by atoms with Gasteiger partial charge in [0.1, 0.15) is 0 Å². The second-order valence-electron chi connectivity index (χ2n) is 4.46. The normalized spacial score (nSPS) is 12.8. The first-order valence-electron chi connectivity index (χ1n) is 4.99. The Hall–Kier alpha value is -1.30. The van der Waals surface area contributed by atoms with Gasteiger partial charge in [0.05, 0.1) is 11.5 Å². The fourth-order valence-electron chi connectivity index (χ4n) is 0.635. The molecular weight excluding hydrogens is 214 g/mol. The highest BCUT2D eigenvalue weighted by molar-refractivity contribution is 5.75. The van der Waals surface area contributed by atoms with E-state index in [4.69, 9.17) is 9.84 Å². The zero-order chi connectivity index (χ0) is 12.8. The maximum Gasteiger partial charge on any atom is 0.410 e. The summed E-state index contributed by atoms with van der Waals surface area (Å²) >= 11 is 0. The second kappa shape index (κ2) is 6.32. The topological polar surface area (TPSA) is 84.9 Å². The first-order valence-corrected chi connectivity index (χ1v) is 4.99. The minimum atomic E-state index is -0.734. The Morgan fingerprint density at radius 3 is 2.31 bits per heavy atom. The smallest absolute Gasteiger partial charge is 0.410 e. The number of amides is 1. The number of carbonyl (C=O) groups is 2. The van der Waals surface area contributed by atoms with Crippen molar-refractivity contribution < 1.29 is 24.2 Å². The van der Waals surface area contributed by atoms with Gasteiger partial charge in [0.2, 0.25) is 6.79 Å². The lowest BCUT2D eigenvalue weighted by atomic mass is 9.98. The summed E-state index contributed by atoms with van der Waals surface area (Å²) in [4.78, 5) is 22.2. The number of esters is 1. The molecule has 6 nitrogen and oxygen atoms in total. The lowest BCUT2D eigenvalue weighted by Crippen LogP contribution is -2.32. The summed E-state index contributed by atoms with van der Waals surface area (Å²) in [5, 5.41) is 11.2. The minimum absolute atomic E-state index is 0.0893. The van der Waals surface area contributed by atoms with E-state index in [0.29, 0.717) is 0 Å². The number of nitrogens with one attached hydrogen (secondary N) is 1. The van der Waals surface area contributed by atoms with Gasteiger partial charge >= 0.3 is 12.1 Å². The van der Waals surface area contributed by atoms with Gasteiger partial charge in [-0.3, -0.25) is 4.79 Å². The third kappa shape index (κ3) is 7.05. The van der Waals surface area contributed by atoms with Gasteiger partial charge in [-0.05, 0) is 27.7 Å². The molecule has 0 heterocycles. The Balaban J connectivity index is 3.67. The van der Waals surface area contributed by atoms with Gasteiger partial charge in [0.25, 0.3) is 0 Å². The number of ether oxygens (including phenoxy) is 2. The van der Waals surface area contributed by atoms with Crippen LogP contribution in [-0.4, -0.2) is 36.6 Å². The number of alkyl carbamates (subject to hydrolysis) is 1. The molecule has 0 aromatic carbocycles. The molecule has 0 radical (unpaired) electrons. The molecule has 0 aliphatic carbocycles. The maximum absolute atomic E-state index is 11.2. The van der Waals surface area contributed by atoms with Crippen LogP contribution in [0.15, 0.2) is 0 Å². The molecule has 6 heteroatoms. The summed E-state index contributed by atoms with van der Waals surface area (Å²) in [6, 6.07) is 0. The standard InChI is InChI=1S/C10H19NO5/c1-7(12)5-11-9(14)16-6-15-8(13)10(2,3)4/h7,12H,5-6H2,1-4H3,(H,11,14)/t7-/m1/s1. The summed E-state index contributed by atoms with van der Waals surface area (Å²) in [5.74, 6) is -0.448. The SMILES string of the molecule is C[C@@H](O)CNC(=O)OCOC(=O)C(C)(C)C. The van der Waals surface area contributed by atoms with Gasteiger partial charge in [-0.25, -0.2) is 4.79 Å². The van der Waals surface area contributed by atoms with Crippen molar-refractivity contribution in [2.45, 2.75) is 33.8 Å². The van der Waals surface area contributed by atoms with Gasteiger partial charge < -0.3 is 19.9 Å². The molecule has 0 aromatic rings. The number of aliphatic hydroxyl groups excluding tert-OH is 1. The second-order valence-corrected chi connectivity index (χ2v) is 4.46. The quantitative estimate of drug-likeness (QED) is 0.550. The molecule has 0 rings (SSSR count). The van der Waals surface area contributed by atoms with E-state index in [-0.39, 0.29) is 6.54 Å². The molecule has 0 aromatic heterocycles. The molecule has 0 fully saturated rings. The largest absolute Gasteiger partial charge is 0.427 e. The summed E-state index contributed by atoms with van der Waals surface area (Å²) in [6.45, 7) is 6.28. The van der Waals surface area contributed by atoms with Crippen LogP contribution in [0.1, 0.15) is 27.7 Å². The van der Waals surface area contributed by atoms with Crippen LogP contribution in [0.3, 0.4) is 0 Å². The van der Waals surface area contributed by atoms with E-state index in [1.807, 2.05) is 0 Å². The third-order valence-corrected chi connectivity index (χ3v) is 1.53. The van der Waals surface area contributed by atoms with Gasteiger partial charge in [0, 0.05) is 6.54 Å². The summed E-state index contributed by atoms with van der Waals surface area (Å²) in [7, 11) is 0. The first kappa shape index (κ1) is 14.7. The summed E-state index contributed by atoms with van der Waals surface area (Å²) in [5.41, 5.74) is -0.626. The molecule has 2 N–H and O–H groups in total. The van der Waals surface area contributed by atoms with Crippen molar-refractivity contribution in [1.29, 1.82) is 0 Å². The van der Waals surface area contributed by atoms with Crippen LogP contribution in [0.25, 0.3) is 0 Å². The highest BCUT2D eigenvalue weighted by Gasteiger charge is 2.23. The Kier molecular flexibility index (Phi) is 5.81. The number of hydrogen-bond acceptors (Lipinski definition) is 5. The lowest BCUT2D eigenvalue weighted by molar-refractivity contribution is -0.161. The molecule has 1 amide bonds. The van der Waals surface area contributed by atoms with Crippen LogP contribution in [-0.2, 0) is 14.3 Å². The Morgan fingerprint density at radius 2 is 1.88 bits per heavy atom. The third-order valence-electron chi connectivity index (χ3n) is 1.53. The van der Waals surface area contributed by atoms with E-state index in [2.05, 4.69) is 10.1 Å². The summed E-state index contributed by atoms with van der Waals surface area (Å²) < 4.78 is 9.25. The molecular formula is C10H19NO5. The van der Waals surface area contributed by atoms with E-state index >= 15 is 0 Å². The van der Waals surface area contributed by atoms with Gasteiger partial charge in [0.15, 0.2) is 0 Å². The van der Waals surface area contributed by atoms with E-state index in [1.54, 1.807) is 20.8 Å². The Labute approximate surface area is 94.9 Å². The fourth-order valence-corrected chi connectivity index (χ4v) is 0.635. The molecule has 0 bridgehead atoms. The molecule has 0 saturated carbocycles. The van der Waals surface area contributed by atoms with Crippen LogP contribution in [0, 0.1) is 5.41 Å². The van der Waals surface area contributed by atoms with Crippen LogP contribution in [0.4, 0.5) is 4.79 Å². The minimum Gasteiger partial charge on any atom is -0.427 e. The van der Waals surface area contributed by atoms with Crippen molar-refractivity contribution in [3.63, 3.8) is 0 Å². The highest BCUT2D eigenvalue weighted by Crippen LogP contribution is 2.14. The zero-order valence-electron chi connectivity index (χ0n) is 10.1. The number of carbonyl (C=O) groups excluding carboxylic acids is 2. The van der Waals surface area contributed by atoms with Crippen molar-refractivity contribution in [2.24, 2.45) is 5.41 Å². The molecule has 1 atom stereocenters.